The lowest BCUT2D eigenvalue weighted by molar-refractivity contribution is -0.138. The van der Waals surface area contributed by atoms with Crippen LogP contribution in [0, 0.1) is 29.6 Å². The van der Waals surface area contributed by atoms with Crippen molar-refractivity contribution in [2.24, 2.45) is 34.6 Å². The molecule has 0 aromatic rings. The second kappa shape index (κ2) is 3.72. The van der Waals surface area contributed by atoms with Crippen LogP contribution in [0.5, 0.6) is 0 Å². The lowest BCUT2D eigenvalue weighted by Gasteiger charge is -2.53. The Balaban J connectivity index is 1.59. The SMILES string of the molecule is O=C(O)C1COC(C2C3CC4CC(C3)CC2C4)=N1. The Morgan fingerprint density at radius 1 is 1.11 bits per heavy atom. The zero-order chi connectivity index (χ0) is 12.3. The molecule has 4 bridgehead atoms. The lowest BCUT2D eigenvalue weighted by atomic mass is 9.52. The van der Waals surface area contributed by atoms with Gasteiger partial charge in [0.05, 0.1) is 0 Å². The maximum absolute atomic E-state index is 10.9. The molecule has 1 N–H and O–H groups in total. The zero-order valence-corrected chi connectivity index (χ0v) is 10.4. The Hall–Kier alpha value is -1.06. The summed E-state index contributed by atoms with van der Waals surface area (Å²) < 4.78 is 5.62. The monoisotopic (exact) mass is 249 g/mol. The average molecular weight is 249 g/mol. The minimum atomic E-state index is -0.853. The fraction of sp³-hybridized carbons (Fsp3) is 0.857. The van der Waals surface area contributed by atoms with E-state index in [-0.39, 0.29) is 6.61 Å². The van der Waals surface area contributed by atoms with Gasteiger partial charge in [0.2, 0.25) is 0 Å². The van der Waals surface area contributed by atoms with Crippen LogP contribution in [-0.4, -0.2) is 29.6 Å². The molecule has 1 atom stereocenters. The molecule has 4 aliphatic carbocycles. The van der Waals surface area contributed by atoms with E-state index in [9.17, 15) is 4.79 Å². The van der Waals surface area contributed by atoms with Crippen LogP contribution in [0.25, 0.3) is 0 Å². The van der Waals surface area contributed by atoms with E-state index >= 15 is 0 Å². The van der Waals surface area contributed by atoms with E-state index in [1.165, 1.54) is 32.1 Å². The van der Waals surface area contributed by atoms with Gasteiger partial charge in [-0.15, -0.1) is 0 Å². The maximum atomic E-state index is 10.9. The highest BCUT2D eigenvalue weighted by atomic mass is 16.5. The van der Waals surface area contributed by atoms with E-state index in [4.69, 9.17) is 9.84 Å². The summed E-state index contributed by atoms with van der Waals surface area (Å²) >= 11 is 0. The van der Waals surface area contributed by atoms with E-state index < -0.39 is 12.0 Å². The van der Waals surface area contributed by atoms with Gasteiger partial charge in [-0.05, 0) is 55.8 Å². The number of hydrogen-bond donors (Lipinski definition) is 1. The minimum Gasteiger partial charge on any atom is -0.480 e. The topological polar surface area (TPSA) is 58.9 Å². The summed E-state index contributed by atoms with van der Waals surface area (Å²) in [6.07, 6.45) is 6.70. The molecule has 0 aromatic carbocycles. The molecule has 18 heavy (non-hydrogen) atoms. The molecule has 98 valence electrons. The molecule has 5 aliphatic rings. The quantitative estimate of drug-likeness (QED) is 0.813. The molecule has 1 heterocycles. The third kappa shape index (κ3) is 1.50. The molecule has 0 saturated heterocycles. The first-order valence-corrected chi connectivity index (χ1v) is 7.14. The number of ether oxygens (including phenoxy) is 1. The number of carboxylic acids is 1. The predicted molar refractivity (Wildman–Crippen MR) is 65.3 cm³/mol. The van der Waals surface area contributed by atoms with Gasteiger partial charge in [-0.3, -0.25) is 0 Å². The highest BCUT2D eigenvalue weighted by molar-refractivity contribution is 5.86. The number of rotatable bonds is 2. The van der Waals surface area contributed by atoms with Crippen LogP contribution in [0.3, 0.4) is 0 Å². The fourth-order valence-corrected chi connectivity index (χ4v) is 5.03. The standard InChI is InChI=1S/C14H19NO3/c16-14(17)11-6-18-13(15-11)12-9-2-7-1-8(4-9)5-10(12)3-7/h7-12H,1-6H2,(H,16,17). The number of hydrogen-bond acceptors (Lipinski definition) is 3. The normalized spacial score (nSPS) is 49.0. The van der Waals surface area contributed by atoms with Crippen LogP contribution in [0.15, 0.2) is 4.99 Å². The van der Waals surface area contributed by atoms with E-state index in [0.29, 0.717) is 17.8 Å². The van der Waals surface area contributed by atoms with E-state index in [2.05, 4.69) is 4.99 Å². The summed E-state index contributed by atoms with van der Waals surface area (Å²) in [4.78, 5) is 15.3. The number of nitrogens with zero attached hydrogens (tertiary/aromatic N) is 1. The van der Waals surface area contributed by atoms with Crippen LogP contribution < -0.4 is 0 Å². The van der Waals surface area contributed by atoms with Gasteiger partial charge in [-0.25, -0.2) is 9.79 Å². The zero-order valence-electron chi connectivity index (χ0n) is 10.4. The van der Waals surface area contributed by atoms with Gasteiger partial charge in [0, 0.05) is 5.92 Å². The van der Waals surface area contributed by atoms with Crippen molar-refractivity contribution < 1.29 is 14.6 Å². The van der Waals surface area contributed by atoms with Gasteiger partial charge in [0.25, 0.3) is 0 Å². The summed E-state index contributed by atoms with van der Waals surface area (Å²) in [7, 11) is 0. The second-order valence-corrected chi connectivity index (χ2v) is 6.59. The first-order chi connectivity index (χ1) is 8.70. The molecule has 0 aromatic heterocycles. The van der Waals surface area contributed by atoms with Gasteiger partial charge < -0.3 is 9.84 Å². The van der Waals surface area contributed by atoms with Gasteiger partial charge in [0.15, 0.2) is 11.9 Å². The molecular formula is C14H19NO3. The number of carboxylic acid groups (broad SMARTS) is 1. The molecule has 0 radical (unpaired) electrons. The molecule has 4 saturated carbocycles. The van der Waals surface area contributed by atoms with E-state index in [1.807, 2.05) is 0 Å². The maximum Gasteiger partial charge on any atom is 0.332 e. The lowest BCUT2D eigenvalue weighted by Crippen LogP contribution is -2.48. The summed E-state index contributed by atoms with van der Waals surface area (Å²) in [6, 6.07) is -0.655. The Kier molecular flexibility index (Phi) is 2.24. The molecule has 1 aliphatic heterocycles. The summed E-state index contributed by atoms with van der Waals surface area (Å²) in [5.41, 5.74) is 0. The van der Waals surface area contributed by atoms with Crippen LogP contribution in [0.4, 0.5) is 0 Å². The summed E-state index contributed by atoms with van der Waals surface area (Å²) in [6.45, 7) is 0.244. The predicted octanol–water partition coefficient (Wildman–Crippen LogP) is 1.94. The molecular weight excluding hydrogens is 230 g/mol. The van der Waals surface area contributed by atoms with Crippen molar-refractivity contribution in [1.29, 1.82) is 0 Å². The largest absolute Gasteiger partial charge is 0.480 e. The Morgan fingerprint density at radius 3 is 2.22 bits per heavy atom. The Morgan fingerprint density at radius 2 is 1.72 bits per heavy atom. The number of carbonyl (C=O) groups is 1. The molecule has 0 amide bonds. The van der Waals surface area contributed by atoms with Crippen molar-refractivity contribution in [2.75, 3.05) is 6.61 Å². The Bertz CT molecular complexity index is 389. The molecule has 1 unspecified atom stereocenters. The van der Waals surface area contributed by atoms with E-state index in [1.54, 1.807) is 0 Å². The van der Waals surface area contributed by atoms with Gasteiger partial charge >= 0.3 is 5.97 Å². The van der Waals surface area contributed by atoms with Crippen molar-refractivity contribution in [3.63, 3.8) is 0 Å². The van der Waals surface area contributed by atoms with Crippen molar-refractivity contribution in [3.05, 3.63) is 0 Å². The van der Waals surface area contributed by atoms with Crippen LogP contribution >= 0.6 is 0 Å². The van der Waals surface area contributed by atoms with Crippen molar-refractivity contribution in [1.82, 2.24) is 0 Å². The highest BCUT2D eigenvalue weighted by Gasteiger charge is 2.51. The molecule has 5 rings (SSSR count). The van der Waals surface area contributed by atoms with E-state index in [0.717, 1.165) is 17.7 Å². The Labute approximate surface area is 106 Å². The third-order valence-corrected chi connectivity index (χ3v) is 5.47. The molecule has 4 fully saturated rings. The molecule has 0 spiro atoms. The fourth-order valence-electron chi connectivity index (χ4n) is 5.03. The van der Waals surface area contributed by atoms with Crippen LogP contribution in [-0.2, 0) is 9.53 Å². The first kappa shape index (κ1) is 10.8. The average Bonchev–Trinajstić information content (AvgIpc) is 2.77. The summed E-state index contributed by atoms with van der Waals surface area (Å²) in [5, 5.41) is 8.99. The third-order valence-electron chi connectivity index (χ3n) is 5.47. The summed E-state index contributed by atoms with van der Waals surface area (Å²) in [5.74, 6) is 3.65. The van der Waals surface area contributed by atoms with Gasteiger partial charge in [-0.1, -0.05) is 0 Å². The first-order valence-electron chi connectivity index (χ1n) is 7.14. The van der Waals surface area contributed by atoms with Crippen LogP contribution in [0.2, 0.25) is 0 Å². The molecule has 4 nitrogen and oxygen atoms in total. The second-order valence-electron chi connectivity index (χ2n) is 6.59. The van der Waals surface area contributed by atoms with Gasteiger partial charge in [-0.2, -0.15) is 0 Å². The minimum absolute atomic E-state index is 0.244. The molecule has 4 heteroatoms. The van der Waals surface area contributed by atoms with Gasteiger partial charge in [0.1, 0.15) is 6.61 Å². The van der Waals surface area contributed by atoms with Crippen molar-refractivity contribution >= 4 is 11.9 Å². The van der Waals surface area contributed by atoms with Crippen LogP contribution in [0.1, 0.15) is 32.1 Å². The van der Waals surface area contributed by atoms with Crippen molar-refractivity contribution in [3.8, 4) is 0 Å². The number of aliphatic carboxylic acids is 1. The van der Waals surface area contributed by atoms with Crippen molar-refractivity contribution in [2.45, 2.75) is 38.1 Å². The number of aliphatic imine (C=N–C) groups is 1. The highest BCUT2D eigenvalue weighted by Crippen LogP contribution is 2.57. The smallest absolute Gasteiger partial charge is 0.332 e.